The summed E-state index contributed by atoms with van der Waals surface area (Å²) in [5.41, 5.74) is 1.88. The third-order valence-electron chi connectivity index (χ3n) is 4.84. The fourth-order valence-corrected chi connectivity index (χ4v) is 3.21. The maximum atomic E-state index is 12.6. The first-order valence-electron chi connectivity index (χ1n) is 9.53. The number of benzene rings is 1. The fraction of sp³-hybridized carbons (Fsp3) is 0.600. The lowest BCUT2D eigenvalue weighted by atomic mass is 10.0. The largest absolute Gasteiger partial charge is 0.376 e. The molecule has 2 N–H and O–H groups in total. The molecule has 142 valence electrons. The van der Waals surface area contributed by atoms with Gasteiger partial charge < -0.3 is 19.8 Å². The Morgan fingerprint density at radius 3 is 2.85 bits per heavy atom. The lowest BCUT2D eigenvalue weighted by Gasteiger charge is -2.25. The van der Waals surface area contributed by atoms with Gasteiger partial charge in [0.15, 0.2) is 0 Å². The van der Waals surface area contributed by atoms with Crippen LogP contribution >= 0.6 is 0 Å². The molecule has 0 radical (unpaired) electrons. The van der Waals surface area contributed by atoms with Gasteiger partial charge in [-0.15, -0.1) is 0 Å². The van der Waals surface area contributed by atoms with Crippen molar-refractivity contribution in [3.63, 3.8) is 0 Å². The van der Waals surface area contributed by atoms with Crippen LogP contribution < -0.4 is 5.32 Å². The Kier molecular flexibility index (Phi) is 6.27. The van der Waals surface area contributed by atoms with Crippen molar-refractivity contribution in [1.82, 2.24) is 15.3 Å². The first kappa shape index (κ1) is 18.9. The second-order valence-corrected chi connectivity index (χ2v) is 7.33. The summed E-state index contributed by atoms with van der Waals surface area (Å²) >= 11 is 0. The van der Waals surface area contributed by atoms with E-state index in [0.717, 1.165) is 42.7 Å². The lowest BCUT2D eigenvalue weighted by molar-refractivity contribution is -0.136. The van der Waals surface area contributed by atoms with Crippen molar-refractivity contribution < 1.29 is 14.3 Å². The average molecular weight is 359 g/mol. The molecule has 1 aromatic heterocycles. The highest BCUT2D eigenvalue weighted by molar-refractivity contribution is 5.81. The molecule has 0 spiro atoms. The van der Waals surface area contributed by atoms with Crippen molar-refractivity contribution >= 4 is 16.9 Å². The Labute approximate surface area is 154 Å². The maximum Gasteiger partial charge on any atom is 0.249 e. The molecule has 26 heavy (non-hydrogen) atoms. The fourth-order valence-electron chi connectivity index (χ4n) is 3.21. The topological polar surface area (TPSA) is 76.2 Å². The third-order valence-corrected chi connectivity index (χ3v) is 4.84. The highest BCUT2D eigenvalue weighted by atomic mass is 16.5. The number of rotatable bonds is 7. The van der Waals surface area contributed by atoms with Gasteiger partial charge in [-0.2, -0.15) is 0 Å². The van der Waals surface area contributed by atoms with Crippen molar-refractivity contribution in [2.75, 3.05) is 13.2 Å². The molecule has 0 aliphatic carbocycles. The molecular formula is C20H29N3O3. The number of aromatic amines is 1. The lowest BCUT2D eigenvalue weighted by Crippen LogP contribution is -2.40. The second kappa shape index (κ2) is 8.64. The van der Waals surface area contributed by atoms with E-state index in [4.69, 9.17) is 9.47 Å². The van der Waals surface area contributed by atoms with Crippen molar-refractivity contribution in [3.8, 4) is 0 Å². The number of hydrogen-bond acceptors (Lipinski definition) is 4. The van der Waals surface area contributed by atoms with Gasteiger partial charge in [0.05, 0.1) is 29.8 Å². The van der Waals surface area contributed by atoms with Gasteiger partial charge in [-0.25, -0.2) is 4.98 Å². The van der Waals surface area contributed by atoms with Crippen LogP contribution in [-0.4, -0.2) is 41.3 Å². The number of imidazole rings is 1. The molecule has 1 amide bonds. The SMILES string of the molecule is CC(OCC1CCCCO1)C(=O)N[C@H](c1nc2ccccc2[nH]1)C(C)C. The van der Waals surface area contributed by atoms with E-state index < -0.39 is 6.10 Å². The molecule has 0 bridgehead atoms. The highest BCUT2D eigenvalue weighted by Crippen LogP contribution is 2.22. The number of H-pyrrole nitrogens is 1. The number of nitrogens with one attached hydrogen (secondary N) is 2. The number of fused-ring (bicyclic) bond motifs is 1. The summed E-state index contributed by atoms with van der Waals surface area (Å²) in [5, 5.41) is 3.08. The molecular weight excluding hydrogens is 330 g/mol. The zero-order chi connectivity index (χ0) is 18.5. The molecule has 0 saturated carbocycles. The predicted octanol–water partition coefficient (Wildman–Crippen LogP) is 3.35. The van der Waals surface area contributed by atoms with E-state index in [-0.39, 0.29) is 24.0 Å². The van der Waals surface area contributed by atoms with Crippen LogP contribution in [0.3, 0.4) is 0 Å². The summed E-state index contributed by atoms with van der Waals surface area (Å²) < 4.78 is 11.4. The van der Waals surface area contributed by atoms with Crippen molar-refractivity contribution in [3.05, 3.63) is 30.1 Å². The quantitative estimate of drug-likeness (QED) is 0.795. The van der Waals surface area contributed by atoms with E-state index in [1.165, 1.54) is 0 Å². The van der Waals surface area contributed by atoms with E-state index in [9.17, 15) is 4.79 Å². The molecule has 1 aliphatic heterocycles. The van der Waals surface area contributed by atoms with Gasteiger partial charge in [-0.05, 0) is 44.2 Å². The summed E-state index contributed by atoms with van der Waals surface area (Å²) in [6.07, 6.45) is 2.86. The van der Waals surface area contributed by atoms with E-state index in [0.29, 0.717) is 6.61 Å². The van der Waals surface area contributed by atoms with E-state index in [2.05, 4.69) is 29.1 Å². The van der Waals surface area contributed by atoms with Crippen LogP contribution in [0, 0.1) is 5.92 Å². The molecule has 2 aromatic rings. The minimum absolute atomic E-state index is 0.107. The number of carbonyl (C=O) groups is 1. The summed E-state index contributed by atoms with van der Waals surface area (Å²) in [6.45, 7) is 7.18. The summed E-state index contributed by atoms with van der Waals surface area (Å²) in [4.78, 5) is 20.6. The van der Waals surface area contributed by atoms with E-state index in [1.54, 1.807) is 6.92 Å². The van der Waals surface area contributed by atoms with Gasteiger partial charge in [0, 0.05) is 6.61 Å². The average Bonchev–Trinajstić information content (AvgIpc) is 3.08. The van der Waals surface area contributed by atoms with Gasteiger partial charge in [-0.1, -0.05) is 26.0 Å². The van der Waals surface area contributed by atoms with E-state index >= 15 is 0 Å². The number of nitrogens with zero attached hydrogens (tertiary/aromatic N) is 1. The molecule has 1 fully saturated rings. The van der Waals surface area contributed by atoms with Crippen LogP contribution in [0.1, 0.15) is 51.9 Å². The maximum absolute atomic E-state index is 12.6. The molecule has 1 aromatic carbocycles. The molecule has 3 atom stereocenters. The summed E-state index contributed by atoms with van der Waals surface area (Å²) in [7, 11) is 0. The Bertz CT molecular complexity index is 689. The van der Waals surface area contributed by atoms with Gasteiger partial charge in [0.2, 0.25) is 5.91 Å². The van der Waals surface area contributed by atoms with Crippen LogP contribution in [0.5, 0.6) is 0 Å². The Morgan fingerprint density at radius 2 is 2.15 bits per heavy atom. The van der Waals surface area contributed by atoms with E-state index in [1.807, 2.05) is 24.3 Å². The molecule has 6 heteroatoms. The minimum Gasteiger partial charge on any atom is -0.376 e. The number of carbonyl (C=O) groups excluding carboxylic acids is 1. The first-order valence-corrected chi connectivity index (χ1v) is 9.53. The number of amides is 1. The predicted molar refractivity (Wildman–Crippen MR) is 101 cm³/mol. The van der Waals surface area contributed by atoms with Gasteiger partial charge in [-0.3, -0.25) is 4.79 Å². The normalized spacial score (nSPS) is 20.2. The van der Waals surface area contributed by atoms with Gasteiger partial charge in [0.1, 0.15) is 11.9 Å². The zero-order valence-corrected chi connectivity index (χ0v) is 15.8. The van der Waals surface area contributed by atoms with Crippen molar-refractivity contribution in [1.29, 1.82) is 0 Å². The van der Waals surface area contributed by atoms with Crippen LogP contribution in [0.15, 0.2) is 24.3 Å². The Morgan fingerprint density at radius 1 is 1.35 bits per heavy atom. The number of ether oxygens (including phenoxy) is 2. The highest BCUT2D eigenvalue weighted by Gasteiger charge is 2.25. The summed E-state index contributed by atoms with van der Waals surface area (Å²) in [6, 6.07) is 7.69. The third kappa shape index (κ3) is 4.62. The first-order chi connectivity index (χ1) is 12.5. The number of hydrogen-bond donors (Lipinski definition) is 2. The van der Waals surface area contributed by atoms with Crippen molar-refractivity contribution in [2.24, 2.45) is 5.92 Å². The minimum atomic E-state index is -0.522. The monoisotopic (exact) mass is 359 g/mol. The molecule has 2 heterocycles. The smallest absolute Gasteiger partial charge is 0.249 e. The Hall–Kier alpha value is -1.92. The number of aromatic nitrogens is 2. The molecule has 2 unspecified atom stereocenters. The van der Waals surface area contributed by atoms with Crippen LogP contribution in [-0.2, 0) is 14.3 Å². The van der Waals surface area contributed by atoms with Crippen LogP contribution in [0.2, 0.25) is 0 Å². The molecule has 6 nitrogen and oxygen atoms in total. The van der Waals surface area contributed by atoms with Gasteiger partial charge >= 0.3 is 0 Å². The van der Waals surface area contributed by atoms with Gasteiger partial charge in [0.25, 0.3) is 0 Å². The molecule has 1 saturated heterocycles. The van der Waals surface area contributed by atoms with Crippen LogP contribution in [0.25, 0.3) is 11.0 Å². The van der Waals surface area contributed by atoms with Crippen molar-refractivity contribution in [2.45, 2.75) is 58.3 Å². The summed E-state index contributed by atoms with van der Waals surface area (Å²) in [5.74, 6) is 0.853. The Balaban J connectivity index is 1.60. The second-order valence-electron chi connectivity index (χ2n) is 7.33. The molecule has 1 aliphatic rings. The molecule has 3 rings (SSSR count). The number of para-hydroxylation sites is 2. The standard InChI is InChI=1S/C20H29N3O3/c1-13(2)18(19-21-16-9-4-5-10-17(16)22-19)23-20(24)14(3)26-12-15-8-6-7-11-25-15/h4-5,9-10,13-15,18H,6-8,11-12H2,1-3H3,(H,21,22)(H,23,24)/t14?,15?,18-/m0/s1. The van der Waals surface area contributed by atoms with Crippen LogP contribution in [0.4, 0.5) is 0 Å². The zero-order valence-electron chi connectivity index (χ0n) is 15.8.